The Morgan fingerprint density at radius 1 is 1.10 bits per heavy atom. The van der Waals surface area contributed by atoms with E-state index in [9.17, 15) is 9.18 Å². The van der Waals surface area contributed by atoms with Crippen LogP contribution in [0.5, 0.6) is 0 Å². The molecule has 1 heterocycles. The molecule has 1 aromatic heterocycles. The lowest BCUT2D eigenvalue weighted by atomic mass is 10.0. The van der Waals surface area contributed by atoms with Gasteiger partial charge < -0.3 is 4.90 Å². The summed E-state index contributed by atoms with van der Waals surface area (Å²) < 4.78 is 13.8. The smallest absolute Gasteiger partial charge is 0.280 e. The molecule has 0 aliphatic heterocycles. The summed E-state index contributed by atoms with van der Waals surface area (Å²) in [5.41, 5.74) is 0.0731. The van der Waals surface area contributed by atoms with E-state index >= 15 is 0 Å². The number of aromatic nitrogens is 1. The molecule has 0 radical (unpaired) electrons. The molecule has 2 aromatic rings. The number of para-hydroxylation sites is 1. The summed E-state index contributed by atoms with van der Waals surface area (Å²) in [5.74, 6) is -1.05. The number of benzene rings is 1. The largest absolute Gasteiger partial charge is 0.302 e. The van der Waals surface area contributed by atoms with Gasteiger partial charge in [0.05, 0.1) is 0 Å². The number of hydrogen-bond acceptors (Lipinski definition) is 2. The van der Waals surface area contributed by atoms with Gasteiger partial charge in [-0.25, -0.2) is 9.37 Å². The zero-order valence-electron chi connectivity index (χ0n) is 11.8. The van der Waals surface area contributed by atoms with Gasteiger partial charge in [0.15, 0.2) is 11.5 Å². The van der Waals surface area contributed by atoms with Crippen molar-refractivity contribution in [3.8, 4) is 0 Å². The third kappa shape index (κ3) is 2.85. The van der Waals surface area contributed by atoms with Crippen LogP contribution in [0.1, 0.15) is 31.3 Å². The molecule has 0 atom stereocenters. The van der Waals surface area contributed by atoms with Gasteiger partial charge in [-0.2, -0.15) is 0 Å². The van der Waals surface area contributed by atoms with E-state index in [1.807, 2.05) is 51.1 Å². The molecule has 20 heavy (non-hydrogen) atoms. The number of carbonyl (C=O) groups excluding carboxylic acids is 1. The molecular weight excluding hydrogens is 255 g/mol. The number of rotatable bonds is 2. The SMILES string of the molecule is CC(C)(C)N(C(=O)c1ncccc1F)c1ccccc1. The summed E-state index contributed by atoms with van der Waals surface area (Å²) in [6.45, 7) is 5.70. The van der Waals surface area contributed by atoms with Gasteiger partial charge in [-0.05, 0) is 45.0 Å². The Labute approximate surface area is 118 Å². The standard InChI is InChI=1S/C16H17FN2O/c1-16(2,3)19(12-8-5-4-6-9-12)15(20)14-13(17)10-7-11-18-14/h4-11H,1-3H3. The van der Waals surface area contributed by atoms with Gasteiger partial charge in [0.2, 0.25) is 0 Å². The Balaban J connectivity index is 2.49. The van der Waals surface area contributed by atoms with Gasteiger partial charge in [0, 0.05) is 17.4 Å². The van der Waals surface area contributed by atoms with Crippen molar-refractivity contribution in [1.82, 2.24) is 4.98 Å². The molecule has 2 rings (SSSR count). The van der Waals surface area contributed by atoms with Crippen LogP contribution in [-0.4, -0.2) is 16.4 Å². The van der Waals surface area contributed by atoms with Gasteiger partial charge in [0.1, 0.15) is 0 Å². The minimum Gasteiger partial charge on any atom is -0.302 e. The van der Waals surface area contributed by atoms with Crippen molar-refractivity contribution >= 4 is 11.6 Å². The van der Waals surface area contributed by atoms with E-state index in [1.54, 1.807) is 4.90 Å². The maximum atomic E-state index is 13.8. The Bertz CT molecular complexity index is 605. The maximum Gasteiger partial charge on any atom is 0.280 e. The minimum atomic E-state index is -0.609. The molecular formula is C16H17FN2O. The highest BCUT2D eigenvalue weighted by molar-refractivity contribution is 6.05. The molecule has 0 unspecified atom stereocenters. The van der Waals surface area contributed by atoms with Crippen LogP contribution in [-0.2, 0) is 0 Å². The molecule has 0 N–H and O–H groups in total. The van der Waals surface area contributed by atoms with E-state index in [4.69, 9.17) is 0 Å². The van der Waals surface area contributed by atoms with Crippen LogP contribution >= 0.6 is 0 Å². The van der Waals surface area contributed by atoms with Crippen molar-refractivity contribution < 1.29 is 9.18 Å². The summed E-state index contributed by atoms with van der Waals surface area (Å²) in [6, 6.07) is 11.9. The number of pyridine rings is 1. The summed E-state index contributed by atoms with van der Waals surface area (Å²) in [7, 11) is 0. The molecule has 1 aromatic carbocycles. The summed E-state index contributed by atoms with van der Waals surface area (Å²) in [5, 5.41) is 0. The molecule has 0 aliphatic carbocycles. The maximum absolute atomic E-state index is 13.8. The minimum absolute atomic E-state index is 0.161. The molecule has 0 bridgehead atoms. The van der Waals surface area contributed by atoms with Gasteiger partial charge in [-0.15, -0.1) is 0 Å². The van der Waals surface area contributed by atoms with Crippen LogP contribution < -0.4 is 4.90 Å². The molecule has 3 nitrogen and oxygen atoms in total. The highest BCUT2D eigenvalue weighted by Gasteiger charge is 2.31. The zero-order chi connectivity index (χ0) is 14.8. The second-order valence-corrected chi connectivity index (χ2v) is 5.48. The van der Waals surface area contributed by atoms with Crippen LogP contribution in [0.2, 0.25) is 0 Å². The lowest BCUT2D eigenvalue weighted by Gasteiger charge is -2.35. The van der Waals surface area contributed by atoms with Gasteiger partial charge in [-0.3, -0.25) is 4.79 Å². The number of anilines is 1. The number of hydrogen-bond donors (Lipinski definition) is 0. The van der Waals surface area contributed by atoms with Crippen LogP contribution in [0.3, 0.4) is 0 Å². The Morgan fingerprint density at radius 2 is 1.75 bits per heavy atom. The molecule has 0 aliphatic rings. The first-order chi connectivity index (χ1) is 9.41. The third-order valence-electron chi connectivity index (χ3n) is 2.85. The summed E-state index contributed by atoms with van der Waals surface area (Å²) in [4.78, 5) is 18.1. The van der Waals surface area contributed by atoms with Crippen molar-refractivity contribution in [3.05, 3.63) is 60.2 Å². The van der Waals surface area contributed by atoms with E-state index in [0.29, 0.717) is 0 Å². The Hall–Kier alpha value is -2.23. The molecule has 0 fully saturated rings. The van der Waals surface area contributed by atoms with Crippen molar-refractivity contribution in [3.63, 3.8) is 0 Å². The first kappa shape index (κ1) is 14.2. The quantitative estimate of drug-likeness (QED) is 0.835. The van der Waals surface area contributed by atoms with E-state index in [-0.39, 0.29) is 5.69 Å². The van der Waals surface area contributed by atoms with E-state index in [2.05, 4.69) is 4.98 Å². The molecule has 0 spiro atoms. The second kappa shape index (κ2) is 5.41. The van der Waals surface area contributed by atoms with Gasteiger partial charge in [0.25, 0.3) is 5.91 Å². The fraction of sp³-hybridized carbons (Fsp3) is 0.250. The molecule has 0 saturated heterocycles. The number of amides is 1. The molecule has 1 amide bonds. The number of nitrogens with zero attached hydrogens (tertiary/aromatic N) is 2. The van der Waals surface area contributed by atoms with Crippen LogP contribution in [0, 0.1) is 5.82 Å². The zero-order valence-corrected chi connectivity index (χ0v) is 11.8. The third-order valence-corrected chi connectivity index (χ3v) is 2.85. The predicted molar refractivity (Wildman–Crippen MR) is 77.2 cm³/mol. The fourth-order valence-electron chi connectivity index (χ4n) is 2.04. The van der Waals surface area contributed by atoms with Crippen LogP contribution in [0.15, 0.2) is 48.7 Å². The van der Waals surface area contributed by atoms with Crippen LogP contribution in [0.25, 0.3) is 0 Å². The number of carbonyl (C=O) groups is 1. The van der Waals surface area contributed by atoms with Gasteiger partial charge in [-0.1, -0.05) is 18.2 Å². The Morgan fingerprint density at radius 3 is 2.30 bits per heavy atom. The lowest BCUT2D eigenvalue weighted by molar-refractivity contribution is 0.0956. The highest BCUT2D eigenvalue weighted by atomic mass is 19.1. The average molecular weight is 272 g/mol. The van der Waals surface area contributed by atoms with E-state index in [1.165, 1.54) is 18.3 Å². The average Bonchev–Trinajstić information content (AvgIpc) is 2.39. The van der Waals surface area contributed by atoms with Crippen molar-refractivity contribution in [1.29, 1.82) is 0 Å². The first-order valence-corrected chi connectivity index (χ1v) is 6.41. The highest BCUT2D eigenvalue weighted by Crippen LogP contribution is 2.26. The fourth-order valence-corrected chi connectivity index (χ4v) is 2.04. The van der Waals surface area contributed by atoms with E-state index < -0.39 is 17.3 Å². The van der Waals surface area contributed by atoms with E-state index in [0.717, 1.165) is 5.69 Å². The molecule has 0 saturated carbocycles. The Kier molecular flexibility index (Phi) is 3.84. The lowest BCUT2D eigenvalue weighted by Crippen LogP contribution is -2.46. The second-order valence-electron chi connectivity index (χ2n) is 5.48. The normalized spacial score (nSPS) is 11.2. The van der Waals surface area contributed by atoms with Crippen LogP contribution in [0.4, 0.5) is 10.1 Å². The topological polar surface area (TPSA) is 33.2 Å². The first-order valence-electron chi connectivity index (χ1n) is 6.41. The predicted octanol–water partition coefficient (Wildman–Crippen LogP) is 3.67. The monoisotopic (exact) mass is 272 g/mol. The summed E-state index contributed by atoms with van der Waals surface area (Å²) >= 11 is 0. The summed E-state index contributed by atoms with van der Waals surface area (Å²) in [6.07, 6.45) is 1.42. The van der Waals surface area contributed by atoms with Crippen molar-refractivity contribution in [2.75, 3.05) is 4.90 Å². The van der Waals surface area contributed by atoms with Crippen molar-refractivity contribution in [2.24, 2.45) is 0 Å². The molecule has 104 valence electrons. The van der Waals surface area contributed by atoms with Gasteiger partial charge >= 0.3 is 0 Å². The number of halogens is 1. The molecule has 4 heteroatoms. The van der Waals surface area contributed by atoms with Crippen molar-refractivity contribution in [2.45, 2.75) is 26.3 Å².